The number of unbranched alkanes of at least 4 members (excludes halogenated alkanes) is 4. The molecule has 0 heterocycles. The largest absolute Gasteiger partial charge is 0.307 e. The summed E-state index contributed by atoms with van der Waals surface area (Å²) in [7, 11) is 0. The summed E-state index contributed by atoms with van der Waals surface area (Å²) in [4.78, 5) is 0. The van der Waals surface area contributed by atoms with Gasteiger partial charge in [0.25, 0.3) is 0 Å². The predicted octanol–water partition coefficient (Wildman–Crippen LogP) is 5.78. The van der Waals surface area contributed by atoms with Crippen LogP contribution in [0.3, 0.4) is 0 Å². The molecule has 0 fully saturated rings. The molecule has 2 atom stereocenters. The van der Waals surface area contributed by atoms with Crippen LogP contribution in [0.2, 0.25) is 0 Å². The summed E-state index contributed by atoms with van der Waals surface area (Å²) in [6.07, 6.45) is 9.33. The third-order valence-corrected chi connectivity index (χ3v) is 4.11. The summed E-state index contributed by atoms with van der Waals surface area (Å²) in [5, 5.41) is 3.79. The quantitative estimate of drug-likeness (QED) is 0.533. The molecule has 0 saturated heterocycles. The average molecular weight is 275 g/mol. The Labute approximate surface area is 126 Å². The minimum atomic E-state index is 0.501. The summed E-state index contributed by atoms with van der Waals surface area (Å²) in [5.41, 5.74) is 2.77. The predicted molar refractivity (Wildman–Crippen MR) is 90.2 cm³/mol. The molecule has 114 valence electrons. The first-order valence-corrected chi connectivity index (χ1v) is 8.50. The van der Waals surface area contributed by atoms with E-state index in [2.05, 4.69) is 57.3 Å². The van der Waals surface area contributed by atoms with E-state index in [0.29, 0.717) is 12.1 Å². The van der Waals surface area contributed by atoms with Crippen molar-refractivity contribution in [1.82, 2.24) is 5.32 Å². The molecule has 1 aromatic rings. The maximum absolute atomic E-state index is 3.79. The van der Waals surface area contributed by atoms with E-state index >= 15 is 0 Å². The molecule has 1 heteroatoms. The number of hydrogen-bond acceptors (Lipinski definition) is 1. The van der Waals surface area contributed by atoms with Gasteiger partial charge in [0.1, 0.15) is 0 Å². The van der Waals surface area contributed by atoms with Crippen molar-refractivity contribution in [3.8, 4) is 0 Å². The zero-order valence-electron chi connectivity index (χ0n) is 13.9. The number of hydrogen-bond donors (Lipinski definition) is 1. The molecule has 2 unspecified atom stereocenters. The molecule has 0 aliphatic carbocycles. The minimum Gasteiger partial charge on any atom is -0.307 e. The Kier molecular flexibility index (Phi) is 8.60. The van der Waals surface area contributed by atoms with E-state index in [1.54, 1.807) is 0 Å². The minimum absolute atomic E-state index is 0.501. The third kappa shape index (κ3) is 6.56. The first-order chi connectivity index (χ1) is 9.67. The van der Waals surface area contributed by atoms with E-state index < -0.39 is 0 Å². The van der Waals surface area contributed by atoms with Crippen molar-refractivity contribution in [2.45, 2.75) is 84.7 Å². The van der Waals surface area contributed by atoms with Crippen molar-refractivity contribution >= 4 is 0 Å². The lowest BCUT2D eigenvalue weighted by Gasteiger charge is -2.23. The van der Waals surface area contributed by atoms with E-state index in [4.69, 9.17) is 0 Å². The Bertz CT molecular complexity index is 341. The second-order valence-corrected chi connectivity index (χ2v) is 6.14. The number of aryl methyl sites for hydroxylation is 1. The molecule has 0 radical (unpaired) electrons. The van der Waals surface area contributed by atoms with E-state index in [1.807, 2.05) is 0 Å². The molecule has 0 aliphatic heterocycles. The van der Waals surface area contributed by atoms with Gasteiger partial charge in [0.05, 0.1) is 0 Å². The van der Waals surface area contributed by atoms with Gasteiger partial charge in [-0.1, -0.05) is 75.8 Å². The maximum atomic E-state index is 3.79. The molecule has 0 spiro atoms. The lowest BCUT2D eigenvalue weighted by molar-refractivity contribution is 0.413. The van der Waals surface area contributed by atoms with Crippen LogP contribution in [0.15, 0.2) is 24.3 Å². The van der Waals surface area contributed by atoms with Crippen molar-refractivity contribution in [3.05, 3.63) is 35.4 Å². The highest BCUT2D eigenvalue weighted by Gasteiger charge is 2.11. The van der Waals surface area contributed by atoms with Crippen LogP contribution in [0.5, 0.6) is 0 Å². The molecule has 0 aliphatic rings. The van der Waals surface area contributed by atoms with Crippen LogP contribution in [0.1, 0.15) is 82.9 Å². The number of rotatable bonds is 10. The highest BCUT2D eigenvalue weighted by Crippen LogP contribution is 2.19. The molecule has 1 nitrogen and oxygen atoms in total. The van der Waals surface area contributed by atoms with Gasteiger partial charge < -0.3 is 5.32 Å². The molecule has 0 bridgehead atoms. The van der Waals surface area contributed by atoms with Gasteiger partial charge in [-0.3, -0.25) is 0 Å². The van der Waals surface area contributed by atoms with Crippen LogP contribution in [0, 0.1) is 6.92 Å². The molecule has 0 amide bonds. The molecule has 0 aromatic heterocycles. The van der Waals surface area contributed by atoms with Crippen LogP contribution in [-0.2, 0) is 0 Å². The standard InChI is InChI=1S/C19H33N/c1-5-7-8-9-10-11-17(4)20-19(6-2)18-14-12-16(3)13-15-18/h12-15,17,19-20H,5-11H2,1-4H3. The summed E-state index contributed by atoms with van der Waals surface area (Å²) < 4.78 is 0. The molecule has 1 N–H and O–H groups in total. The molecule has 20 heavy (non-hydrogen) atoms. The maximum Gasteiger partial charge on any atom is 0.0319 e. The topological polar surface area (TPSA) is 12.0 Å². The molecular weight excluding hydrogens is 242 g/mol. The Morgan fingerprint density at radius 3 is 2.20 bits per heavy atom. The Balaban J connectivity index is 2.34. The van der Waals surface area contributed by atoms with E-state index in [1.165, 1.54) is 49.7 Å². The van der Waals surface area contributed by atoms with Crippen molar-refractivity contribution in [3.63, 3.8) is 0 Å². The first-order valence-electron chi connectivity index (χ1n) is 8.50. The fraction of sp³-hybridized carbons (Fsp3) is 0.684. The average Bonchev–Trinajstić information content (AvgIpc) is 2.45. The summed E-state index contributed by atoms with van der Waals surface area (Å²) in [6, 6.07) is 10.1. The van der Waals surface area contributed by atoms with Gasteiger partial charge in [-0.2, -0.15) is 0 Å². The van der Waals surface area contributed by atoms with Crippen molar-refractivity contribution in [2.24, 2.45) is 0 Å². The smallest absolute Gasteiger partial charge is 0.0319 e. The zero-order valence-corrected chi connectivity index (χ0v) is 13.9. The van der Waals surface area contributed by atoms with Gasteiger partial charge in [-0.15, -0.1) is 0 Å². The zero-order chi connectivity index (χ0) is 14.8. The van der Waals surface area contributed by atoms with Crippen molar-refractivity contribution in [1.29, 1.82) is 0 Å². The molecule has 0 saturated carbocycles. The second kappa shape index (κ2) is 9.99. The highest BCUT2D eigenvalue weighted by atomic mass is 14.9. The summed E-state index contributed by atoms with van der Waals surface area (Å²) in [6.45, 7) is 9.02. The van der Waals surface area contributed by atoms with E-state index in [0.717, 1.165) is 6.42 Å². The lowest BCUT2D eigenvalue weighted by Crippen LogP contribution is -2.30. The van der Waals surface area contributed by atoms with Crippen LogP contribution in [0.25, 0.3) is 0 Å². The number of benzene rings is 1. The SMILES string of the molecule is CCCCCCCC(C)NC(CC)c1ccc(C)cc1. The lowest BCUT2D eigenvalue weighted by atomic mass is 10.0. The first kappa shape index (κ1) is 17.2. The van der Waals surface area contributed by atoms with Gasteiger partial charge in [0.2, 0.25) is 0 Å². The number of nitrogens with one attached hydrogen (secondary N) is 1. The monoisotopic (exact) mass is 275 g/mol. The fourth-order valence-corrected chi connectivity index (χ4v) is 2.73. The van der Waals surface area contributed by atoms with Gasteiger partial charge in [-0.05, 0) is 32.3 Å². The molecule has 1 aromatic carbocycles. The van der Waals surface area contributed by atoms with Crippen molar-refractivity contribution < 1.29 is 0 Å². The second-order valence-electron chi connectivity index (χ2n) is 6.14. The Hall–Kier alpha value is -0.820. The Morgan fingerprint density at radius 1 is 0.950 bits per heavy atom. The van der Waals surface area contributed by atoms with Gasteiger partial charge in [0.15, 0.2) is 0 Å². The summed E-state index contributed by atoms with van der Waals surface area (Å²) >= 11 is 0. The molecule has 1 rings (SSSR count). The van der Waals surface area contributed by atoms with E-state index in [-0.39, 0.29) is 0 Å². The van der Waals surface area contributed by atoms with Crippen LogP contribution >= 0.6 is 0 Å². The van der Waals surface area contributed by atoms with Crippen LogP contribution in [0.4, 0.5) is 0 Å². The van der Waals surface area contributed by atoms with Gasteiger partial charge in [-0.25, -0.2) is 0 Å². The van der Waals surface area contributed by atoms with Gasteiger partial charge >= 0.3 is 0 Å². The summed E-state index contributed by atoms with van der Waals surface area (Å²) in [5.74, 6) is 0. The Morgan fingerprint density at radius 2 is 1.60 bits per heavy atom. The fourth-order valence-electron chi connectivity index (χ4n) is 2.73. The van der Waals surface area contributed by atoms with Gasteiger partial charge in [0, 0.05) is 12.1 Å². The highest BCUT2D eigenvalue weighted by molar-refractivity contribution is 5.24. The van der Waals surface area contributed by atoms with E-state index in [9.17, 15) is 0 Å². The molecular formula is C19H33N. The normalized spacial score (nSPS) is 14.2. The third-order valence-electron chi connectivity index (χ3n) is 4.11. The van der Waals surface area contributed by atoms with Crippen LogP contribution < -0.4 is 5.32 Å². The van der Waals surface area contributed by atoms with Crippen LogP contribution in [-0.4, -0.2) is 6.04 Å². The van der Waals surface area contributed by atoms with Crippen molar-refractivity contribution in [2.75, 3.05) is 0 Å².